The molecule has 10 fully saturated rings. The number of carbonyl (C=O) groups excluding carboxylic acids is 5. The van der Waals surface area contributed by atoms with Crippen molar-refractivity contribution in [3.8, 4) is 0 Å². The van der Waals surface area contributed by atoms with Gasteiger partial charge in [-0.2, -0.15) is 0 Å². The molecule has 5 amide bonds. The van der Waals surface area contributed by atoms with Gasteiger partial charge >= 0.3 is 0 Å². The lowest BCUT2D eigenvalue weighted by Crippen LogP contribution is -2.70. The van der Waals surface area contributed by atoms with E-state index in [0.717, 1.165) is 34.6 Å². The van der Waals surface area contributed by atoms with Gasteiger partial charge in [-0.15, -0.1) is 0 Å². The Hall–Kier alpha value is -4.69. The Kier molecular flexibility index (Phi) is 42.4. The summed E-state index contributed by atoms with van der Waals surface area (Å²) >= 11 is 0. The molecule has 54 atom stereocenters. The highest BCUT2D eigenvalue weighted by atomic mass is 16.8. The summed E-state index contributed by atoms with van der Waals surface area (Å²) in [5.41, 5.74) is 0. The minimum Gasteiger partial charge on any atom is -0.394 e. The molecule has 0 saturated carbocycles. The third kappa shape index (κ3) is 26.2. The van der Waals surface area contributed by atoms with Crippen LogP contribution in [0.5, 0.6) is 0 Å². The first kappa shape index (κ1) is 114. The summed E-state index contributed by atoms with van der Waals surface area (Å²) in [6, 6.07) is -9.76. The van der Waals surface area contributed by atoms with Crippen molar-refractivity contribution in [1.82, 2.24) is 26.6 Å². The van der Waals surface area contributed by atoms with Gasteiger partial charge in [-0.05, 0) is 0 Å². The molecule has 61 nitrogen and oxygen atoms in total. The van der Waals surface area contributed by atoms with Crippen LogP contribution in [-0.2, 0) is 119 Å². The average Bonchev–Trinajstić information content (AvgIpc) is 0.760. The van der Waals surface area contributed by atoms with Crippen LogP contribution in [0.4, 0.5) is 0 Å². The summed E-state index contributed by atoms with van der Waals surface area (Å²) in [5.74, 6) is -4.88. The van der Waals surface area contributed by atoms with E-state index < -0.39 is 440 Å². The molecule has 794 valence electrons. The van der Waals surface area contributed by atoms with E-state index in [4.69, 9.17) is 94.7 Å². The fourth-order valence-electron chi connectivity index (χ4n) is 17.3. The first-order chi connectivity index (χ1) is 64.8. The number of nitrogens with one attached hydrogen (secondary N) is 5. The van der Waals surface area contributed by atoms with Gasteiger partial charge in [-0.3, -0.25) is 24.0 Å². The van der Waals surface area contributed by atoms with Gasteiger partial charge in [-0.25, -0.2) is 0 Å². The Morgan fingerprint density at radius 2 is 0.511 bits per heavy atom. The van der Waals surface area contributed by atoms with E-state index >= 15 is 0 Å². The Labute approximate surface area is 776 Å². The molecule has 0 unspecified atom stereocenters. The van der Waals surface area contributed by atoms with Crippen LogP contribution in [0.25, 0.3) is 0 Å². The normalized spacial score (nSPS) is 46.5. The molecular weight excluding hydrogens is 1880 g/mol. The van der Waals surface area contributed by atoms with Gasteiger partial charge in [0.2, 0.25) is 29.5 Å². The molecule has 0 aromatic carbocycles. The van der Waals surface area contributed by atoms with Crippen molar-refractivity contribution in [3.05, 3.63) is 0 Å². The number of aliphatic hydroxyl groups excluding tert-OH is 31. The molecule has 0 aliphatic carbocycles. The third-order valence-electron chi connectivity index (χ3n) is 24.6. The number of hydrogen-bond donors (Lipinski definition) is 36. The molecule has 0 radical (unpaired) electrons. The van der Waals surface area contributed by atoms with Gasteiger partial charge in [-0.1, -0.05) is 0 Å². The highest BCUT2D eigenvalue weighted by Gasteiger charge is 2.62. The monoisotopic (exact) mass is 2010 g/mol. The quantitative estimate of drug-likeness (QED) is 0.0271. The van der Waals surface area contributed by atoms with Crippen LogP contribution in [0.3, 0.4) is 0 Å². The number of ether oxygens (including phenoxy) is 20. The van der Waals surface area contributed by atoms with E-state index in [1.54, 1.807) is 0 Å². The van der Waals surface area contributed by atoms with Crippen LogP contribution in [0, 0.1) is 0 Å². The lowest BCUT2D eigenvalue weighted by molar-refractivity contribution is -0.399. The Morgan fingerprint density at radius 1 is 0.248 bits per heavy atom. The first-order valence-electron chi connectivity index (χ1n) is 43.6. The molecule has 137 heavy (non-hydrogen) atoms. The van der Waals surface area contributed by atoms with Gasteiger partial charge < -0.3 is 280 Å². The summed E-state index contributed by atoms with van der Waals surface area (Å²) in [6.45, 7) is -9.44. The average molecular weight is 2010 g/mol. The second-order valence-electron chi connectivity index (χ2n) is 34.3. The molecule has 0 aromatic heterocycles. The molecule has 36 N–H and O–H groups in total. The second-order valence-corrected chi connectivity index (χ2v) is 34.3. The fourth-order valence-corrected chi connectivity index (χ4v) is 17.3. The van der Waals surface area contributed by atoms with Crippen molar-refractivity contribution in [2.45, 2.75) is 366 Å². The molecule has 61 heteroatoms. The highest BCUT2D eigenvalue weighted by molar-refractivity contribution is 5.75. The molecule has 10 rings (SSSR count). The molecule has 10 saturated heterocycles. The van der Waals surface area contributed by atoms with E-state index in [0.29, 0.717) is 0 Å². The van der Waals surface area contributed by atoms with Crippen LogP contribution in [0.2, 0.25) is 0 Å². The van der Waals surface area contributed by atoms with Crippen molar-refractivity contribution in [1.29, 1.82) is 0 Å². The zero-order valence-electron chi connectivity index (χ0n) is 73.7. The van der Waals surface area contributed by atoms with E-state index in [1.807, 2.05) is 0 Å². The van der Waals surface area contributed by atoms with Crippen LogP contribution in [0.15, 0.2) is 0 Å². The predicted molar refractivity (Wildman–Crippen MR) is 423 cm³/mol. The zero-order valence-corrected chi connectivity index (χ0v) is 73.7. The van der Waals surface area contributed by atoms with Gasteiger partial charge in [0.1, 0.15) is 262 Å². The largest absolute Gasteiger partial charge is 0.394 e. The van der Waals surface area contributed by atoms with Gasteiger partial charge in [0, 0.05) is 34.6 Å². The summed E-state index contributed by atoms with van der Waals surface area (Å²) in [6.07, 6.45) is -107. The van der Waals surface area contributed by atoms with Crippen molar-refractivity contribution in [2.24, 2.45) is 0 Å². The maximum Gasteiger partial charge on any atom is 0.217 e. The van der Waals surface area contributed by atoms with E-state index in [-0.39, 0.29) is 0 Å². The van der Waals surface area contributed by atoms with Crippen molar-refractivity contribution in [2.75, 3.05) is 79.3 Å². The molecule has 0 aromatic rings. The molecule has 0 bridgehead atoms. The summed E-state index contributed by atoms with van der Waals surface area (Å²) in [5, 5.41) is 359. The molecule has 0 spiro atoms. The number of carbonyl (C=O) groups is 5. The van der Waals surface area contributed by atoms with Gasteiger partial charge in [0.15, 0.2) is 62.9 Å². The number of hydrogen-bond acceptors (Lipinski definition) is 56. The molecular formula is C76H129N5O56. The summed E-state index contributed by atoms with van der Waals surface area (Å²) < 4.78 is 120. The minimum absolute atomic E-state index is 0.853. The number of amides is 5. The Morgan fingerprint density at radius 3 is 0.854 bits per heavy atom. The van der Waals surface area contributed by atoms with E-state index in [2.05, 4.69) is 26.6 Å². The maximum atomic E-state index is 13.2. The van der Waals surface area contributed by atoms with Crippen molar-refractivity contribution >= 4 is 29.5 Å². The molecule has 10 aliphatic heterocycles. The smallest absolute Gasteiger partial charge is 0.217 e. The third-order valence-corrected chi connectivity index (χ3v) is 24.6. The Balaban J connectivity index is 1.04. The van der Waals surface area contributed by atoms with Crippen LogP contribution >= 0.6 is 0 Å². The van der Waals surface area contributed by atoms with Crippen LogP contribution < -0.4 is 26.6 Å². The fraction of sp³-hybridized carbons (Fsp3) is 0.934. The van der Waals surface area contributed by atoms with Crippen molar-refractivity contribution in [3.63, 3.8) is 0 Å². The van der Waals surface area contributed by atoms with Gasteiger partial charge in [0.05, 0.1) is 85.3 Å². The van der Waals surface area contributed by atoms with Crippen LogP contribution in [-0.4, -0.2) is 598 Å². The topological polar surface area (TPSA) is 957 Å². The lowest BCUT2D eigenvalue weighted by Gasteiger charge is -2.51. The first-order valence-corrected chi connectivity index (χ1v) is 43.6. The van der Waals surface area contributed by atoms with E-state index in [1.165, 1.54) is 0 Å². The predicted octanol–water partition coefficient (Wildman–Crippen LogP) is -24.6. The second kappa shape index (κ2) is 50.9. The number of rotatable bonds is 40. The molecule has 10 heterocycles. The Bertz CT molecular complexity index is 3720. The van der Waals surface area contributed by atoms with E-state index in [9.17, 15) is 182 Å². The summed E-state index contributed by atoms with van der Waals surface area (Å²) in [7, 11) is 0. The summed E-state index contributed by atoms with van der Waals surface area (Å²) in [4.78, 5) is 64.7. The number of aliphatic hydroxyl groups is 31. The SMILES string of the molecule is CC(=O)N[C@H]1[C@H](O[C@@H]([C@H](O)[C@H](CO)NC(C)=O)[C@H](O)CO)O[C@H](CO)[C@@H](O[C@@H]2O[C@H](CO[C@H]3O[C@H](CO[C@@H]4O[C@H](CO)[C@@H](O[C@@H]5O[C@H](CO)[C@H](O)[C@H](O)[C@H]5O)[C@H](O)[C@H]4NC(C)=O)[C@@H](O)[C@H](O)[C@@H]3O[C@@H]3O[C@H](CO)[C@@H](O[C@@H]4O[C@H](CO)[C@H](O)[C@H](O)[C@H]4O)[C@H](O)[C@H]3NC(C)=O)[C@@H](O)[C@H](O[C@H]3O[C@H](CO)[C@@H](O)[C@H](O)[C@@H]3O[C@@H]3O[C@H](CO)[C@@H](O[C@@H]4O[C@H](CO)[C@H](O)[C@H](O)[C@H]4O)[C@H](O)[C@H]3NC(C)=O)[C@@H]2O)[C@@H]1O. The lowest BCUT2D eigenvalue weighted by atomic mass is 9.94. The highest BCUT2D eigenvalue weighted by Crippen LogP contribution is 2.41. The van der Waals surface area contributed by atoms with Crippen molar-refractivity contribution < 1.29 is 277 Å². The molecule has 10 aliphatic rings. The maximum absolute atomic E-state index is 13.2. The zero-order chi connectivity index (χ0) is 101. The van der Waals surface area contributed by atoms with Gasteiger partial charge in [0.25, 0.3) is 0 Å². The standard InChI is InChI=1S/C76H129N5O56/c1-18(92)77-23(6-82)39(98)59(24(97)7-83)130-68-36(79-20(3)94)47(106)63(32(15-91)125-68)134-74-58(117)64(135-76-66(53(112)43(102)28(11-87)123-76)137-70-38(81-22(5)96)49(108)62(31(14-90)127-70)133-73-57(116)52(111)42(101)27(10-86)122-73)45(104)34(128-74)17-119-75-65(136-69-37(80-21(4)95)48(107)61(30(13-89)126-69)132-72-56(115)51(110)41(100)26(9-85)121-72)54(113)44(103)33(129-75)16-118-67-35(78-19(2)93)46(105)60(29(12-88)124-67)131-71-55(114)50(109)40(99)25(8-84)120-71/h23-76,82-91,97-117H,6-17H2,1-5H3,(H,77,92)(H,78,93)(H,79,94)(H,80,95)(H,81,96)/t23-,24+,25+,26+,27+,28+,29+,30+,31+,32+,33+,34+,35+,36+,37+,38+,39+,40-,41-,42-,43+,44+,45+,46+,47+,48+,49+,50-,51-,52-,53-,54-,55+,56+,57+,58-,59+,60+,61+,62+,63+,64-,65-,66-,67+,68-,69-,70-,71-,72-,73-,74-,75-,76+/m0/s1. The van der Waals surface area contributed by atoms with Crippen LogP contribution in [0.1, 0.15) is 34.6 Å². The minimum atomic E-state index is -2.72.